The normalized spacial score (nSPS) is 30.3. The fourth-order valence-electron chi connectivity index (χ4n) is 6.87. The lowest BCUT2D eigenvalue weighted by molar-refractivity contribution is 0.336. The number of sulfonamides is 1. The monoisotopic (exact) mass is 548 g/mol. The quantitative estimate of drug-likeness (QED) is 0.443. The van der Waals surface area contributed by atoms with Crippen LogP contribution >= 0.6 is 0 Å². The van der Waals surface area contributed by atoms with Gasteiger partial charge in [-0.1, -0.05) is 31.0 Å². The Labute approximate surface area is 225 Å². The molecule has 12 heteroatoms. The number of ether oxygens (including phenoxy) is 1. The van der Waals surface area contributed by atoms with Gasteiger partial charge < -0.3 is 10.1 Å². The highest BCUT2D eigenvalue weighted by atomic mass is 32.2. The van der Waals surface area contributed by atoms with E-state index in [2.05, 4.69) is 27.0 Å². The van der Waals surface area contributed by atoms with Crippen molar-refractivity contribution in [1.29, 1.82) is 0 Å². The van der Waals surface area contributed by atoms with Crippen LogP contribution in [0.2, 0.25) is 0 Å². The molecule has 202 valence electrons. The Kier molecular flexibility index (Phi) is 4.90. The number of nitrogens with zero attached hydrogens (tertiary/aromatic N) is 5. The van der Waals surface area contributed by atoms with Crippen LogP contribution in [-0.2, 0) is 15.6 Å². The Hall–Kier alpha value is -3.80. The fraction of sp³-hybridized carbons (Fsp3) is 0.444. The van der Waals surface area contributed by atoms with Gasteiger partial charge in [0.05, 0.1) is 18.2 Å². The van der Waals surface area contributed by atoms with E-state index in [4.69, 9.17) is 9.73 Å². The zero-order valence-electron chi connectivity index (χ0n) is 21.8. The molecule has 4 aliphatic rings. The first-order valence-electron chi connectivity index (χ1n) is 13.1. The van der Waals surface area contributed by atoms with Crippen molar-refractivity contribution < 1.29 is 13.2 Å². The van der Waals surface area contributed by atoms with Gasteiger partial charge in [-0.05, 0) is 43.9 Å². The van der Waals surface area contributed by atoms with E-state index in [0.29, 0.717) is 18.7 Å². The molecule has 0 spiro atoms. The van der Waals surface area contributed by atoms with Gasteiger partial charge in [0.25, 0.3) is 20.9 Å². The molecule has 11 nitrogen and oxygen atoms in total. The first-order chi connectivity index (χ1) is 18.7. The highest BCUT2D eigenvalue weighted by Gasteiger charge is 2.78. The standard InChI is InChI=1S/C27H28N6O5S/c1-4-16-11-17(29-21-22(34)23(35)24(21)38-3)12-19(16)25-31-30-20-13-28-27-14-26(27,33(20)25)9-10-32(27)39(36,37)18-7-5-15(2)6-8-18/h5-10,13,16-17,19,29H,4,11-12,14H2,1-3H3/t16?,17-,19-,26?,27?/m0/s1. The van der Waals surface area contributed by atoms with Gasteiger partial charge in [0.2, 0.25) is 0 Å². The molecule has 2 saturated carbocycles. The summed E-state index contributed by atoms with van der Waals surface area (Å²) < 4.78 is 35.9. The van der Waals surface area contributed by atoms with Crippen LogP contribution in [0.15, 0.2) is 56.0 Å². The van der Waals surface area contributed by atoms with E-state index in [0.717, 1.165) is 24.2 Å². The maximum atomic E-state index is 13.7. The summed E-state index contributed by atoms with van der Waals surface area (Å²) in [5.74, 6) is 1.77. The van der Waals surface area contributed by atoms with Gasteiger partial charge >= 0.3 is 0 Å². The zero-order valence-corrected chi connectivity index (χ0v) is 22.6. The summed E-state index contributed by atoms with van der Waals surface area (Å²) in [7, 11) is -2.44. The van der Waals surface area contributed by atoms with Crippen molar-refractivity contribution in [1.82, 2.24) is 19.1 Å². The number of anilines is 1. The van der Waals surface area contributed by atoms with Crippen LogP contribution in [0.25, 0.3) is 0 Å². The number of nitrogens with one attached hydrogen (secondary N) is 1. The molecular formula is C27H28N6O5S. The van der Waals surface area contributed by atoms with Gasteiger partial charge in [0.15, 0.2) is 17.2 Å². The van der Waals surface area contributed by atoms with E-state index in [1.54, 1.807) is 36.7 Å². The summed E-state index contributed by atoms with van der Waals surface area (Å²) in [6, 6.07) is 6.79. The number of hydrogen-bond donors (Lipinski definition) is 1. The highest BCUT2D eigenvalue weighted by molar-refractivity contribution is 7.89. The first-order valence-corrected chi connectivity index (χ1v) is 14.6. The van der Waals surface area contributed by atoms with Crippen LogP contribution in [0.5, 0.6) is 5.75 Å². The Morgan fingerprint density at radius 1 is 1.13 bits per heavy atom. The van der Waals surface area contributed by atoms with E-state index in [1.807, 2.05) is 13.0 Å². The smallest absolute Gasteiger partial charge is 0.271 e. The summed E-state index contributed by atoms with van der Waals surface area (Å²) in [6.45, 7) is 4.04. The number of methoxy groups -OCH3 is 1. The average molecular weight is 549 g/mol. The van der Waals surface area contributed by atoms with Gasteiger partial charge in [-0.3, -0.25) is 19.1 Å². The Balaban J connectivity index is 1.21. The third-order valence-corrected chi connectivity index (χ3v) is 10.8. The second-order valence-corrected chi connectivity index (χ2v) is 12.8. The molecular weight excluding hydrogens is 520 g/mol. The third kappa shape index (κ3) is 3.03. The topological polar surface area (TPSA) is 136 Å². The predicted molar refractivity (Wildman–Crippen MR) is 143 cm³/mol. The van der Waals surface area contributed by atoms with Crippen molar-refractivity contribution in [3.05, 3.63) is 74.2 Å². The molecule has 2 aliphatic heterocycles. The minimum Gasteiger partial charge on any atom is -0.491 e. The summed E-state index contributed by atoms with van der Waals surface area (Å²) in [5, 5.41) is 12.3. The molecule has 39 heavy (non-hydrogen) atoms. The summed E-state index contributed by atoms with van der Waals surface area (Å²) >= 11 is 0. The van der Waals surface area contributed by atoms with E-state index < -0.39 is 32.1 Å². The molecule has 2 fully saturated rings. The average Bonchev–Trinajstić information content (AvgIpc) is 3.26. The number of benzene rings is 1. The van der Waals surface area contributed by atoms with Crippen LogP contribution in [0, 0.1) is 12.8 Å². The Bertz CT molecular complexity index is 1750. The van der Waals surface area contributed by atoms with Crippen molar-refractivity contribution in [3.8, 4) is 5.75 Å². The molecule has 3 aromatic rings. The summed E-state index contributed by atoms with van der Waals surface area (Å²) in [5.41, 5.74) is -1.58. The van der Waals surface area contributed by atoms with Crippen LogP contribution in [-0.4, -0.2) is 52.5 Å². The second-order valence-electron chi connectivity index (χ2n) is 11.0. The molecule has 5 atom stereocenters. The first kappa shape index (κ1) is 24.3. The van der Waals surface area contributed by atoms with Crippen molar-refractivity contribution in [2.24, 2.45) is 10.9 Å². The largest absolute Gasteiger partial charge is 0.491 e. The maximum absolute atomic E-state index is 13.7. The lowest BCUT2D eigenvalue weighted by Gasteiger charge is -2.30. The lowest BCUT2D eigenvalue weighted by atomic mass is 9.92. The van der Waals surface area contributed by atoms with E-state index in [9.17, 15) is 18.0 Å². The van der Waals surface area contributed by atoms with Crippen molar-refractivity contribution >= 4 is 21.9 Å². The Morgan fingerprint density at radius 3 is 2.62 bits per heavy atom. The minimum absolute atomic E-state index is 0.0292. The molecule has 2 aliphatic carbocycles. The van der Waals surface area contributed by atoms with Gasteiger partial charge in [-0.2, -0.15) is 0 Å². The Morgan fingerprint density at radius 2 is 1.90 bits per heavy atom. The van der Waals surface area contributed by atoms with Crippen molar-refractivity contribution in [3.63, 3.8) is 0 Å². The van der Waals surface area contributed by atoms with Crippen LogP contribution in [0.4, 0.5) is 5.69 Å². The molecule has 7 rings (SSSR count). The molecule has 1 aromatic heterocycles. The van der Waals surface area contributed by atoms with E-state index in [1.165, 1.54) is 11.4 Å². The van der Waals surface area contributed by atoms with Crippen molar-refractivity contribution in [2.45, 2.75) is 67.6 Å². The van der Waals surface area contributed by atoms with E-state index in [-0.39, 0.29) is 34.2 Å². The number of aryl methyl sites for hydroxylation is 1. The molecule has 0 saturated heterocycles. The summed E-state index contributed by atoms with van der Waals surface area (Å²) in [6.07, 6.45) is 8.06. The molecule has 3 heterocycles. The highest BCUT2D eigenvalue weighted by Crippen LogP contribution is 2.67. The van der Waals surface area contributed by atoms with Gasteiger partial charge in [0.1, 0.15) is 17.1 Å². The fourth-order valence-corrected chi connectivity index (χ4v) is 8.47. The number of aliphatic imine (C=N–C) groups is 1. The van der Waals surface area contributed by atoms with E-state index >= 15 is 0 Å². The maximum Gasteiger partial charge on any atom is 0.271 e. The second kappa shape index (κ2) is 7.87. The molecule has 0 bridgehead atoms. The SMILES string of the molecule is CCC1C[C@H](Nc2c(OC)c(=O)c2=O)C[C@@H]1c1nnc2n1C13C=CN(S(=O)(=O)c4ccc(C)cc4)C1(C3)N=C2. The molecule has 1 N–H and O–H groups in total. The van der Waals surface area contributed by atoms with Gasteiger partial charge in [0, 0.05) is 24.6 Å². The predicted octanol–water partition coefficient (Wildman–Crippen LogP) is 2.02. The van der Waals surface area contributed by atoms with Gasteiger partial charge in [-0.25, -0.2) is 12.7 Å². The number of rotatable bonds is 7. The molecule has 0 amide bonds. The van der Waals surface area contributed by atoms with Crippen molar-refractivity contribution in [2.75, 3.05) is 12.4 Å². The van der Waals surface area contributed by atoms with Crippen LogP contribution < -0.4 is 20.9 Å². The summed E-state index contributed by atoms with van der Waals surface area (Å²) in [4.78, 5) is 28.9. The molecule has 0 radical (unpaired) electrons. The molecule has 3 unspecified atom stereocenters. The lowest BCUT2D eigenvalue weighted by Crippen LogP contribution is -2.42. The van der Waals surface area contributed by atoms with Gasteiger partial charge in [-0.15, -0.1) is 10.2 Å². The van der Waals surface area contributed by atoms with Crippen LogP contribution in [0.3, 0.4) is 0 Å². The third-order valence-electron chi connectivity index (χ3n) is 8.99. The minimum atomic E-state index is -3.82. The number of hydrogen-bond acceptors (Lipinski definition) is 9. The molecule has 2 aromatic carbocycles. The number of fused-ring (bicyclic) bond motifs is 1. The number of aromatic nitrogens is 3. The zero-order chi connectivity index (χ0) is 27.3. The van der Waals surface area contributed by atoms with Crippen LogP contribution in [0.1, 0.15) is 55.7 Å².